The summed E-state index contributed by atoms with van der Waals surface area (Å²) >= 11 is 0. The summed E-state index contributed by atoms with van der Waals surface area (Å²) in [7, 11) is 1.22. The highest BCUT2D eigenvalue weighted by molar-refractivity contribution is 5.76. The van der Waals surface area contributed by atoms with Crippen LogP contribution < -0.4 is 5.73 Å². The molecule has 2 N–H and O–H groups in total. The van der Waals surface area contributed by atoms with Gasteiger partial charge in [0, 0.05) is 6.92 Å². The molecule has 7 nitrogen and oxygen atoms in total. The predicted molar refractivity (Wildman–Crippen MR) is 50.3 cm³/mol. The maximum atomic E-state index is 10.8. The van der Waals surface area contributed by atoms with Crippen molar-refractivity contribution in [3.05, 3.63) is 5.41 Å². The van der Waals surface area contributed by atoms with Gasteiger partial charge in [-0.2, -0.15) is 0 Å². The third-order valence-corrected chi connectivity index (χ3v) is 1.33. The van der Waals surface area contributed by atoms with Crippen LogP contribution in [0.15, 0.2) is 0 Å². The van der Waals surface area contributed by atoms with Crippen LogP contribution in [0.25, 0.3) is 5.41 Å². The Labute approximate surface area is 87.0 Å². The van der Waals surface area contributed by atoms with Crippen LogP contribution in [-0.2, 0) is 23.9 Å². The summed E-state index contributed by atoms with van der Waals surface area (Å²) in [6, 6.07) is -0.918. The summed E-state index contributed by atoms with van der Waals surface area (Å²) < 4.78 is 9.03. The van der Waals surface area contributed by atoms with Crippen molar-refractivity contribution in [2.24, 2.45) is 5.73 Å². The molecular formula is C8H13N2O5-. The molecule has 0 radical (unpaired) electrons. The number of isocyanates is 1. The number of methoxy groups -OCH3 is 1. The minimum atomic E-state index is -0.918. The lowest BCUT2D eigenvalue weighted by atomic mass is 10.2. The van der Waals surface area contributed by atoms with Gasteiger partial charge in [0.1, 0.15) is 12.1 Å². The lowest BCUT2D eigenvalue weighted by Crippen LogP contribution is -2.43. The van der Waals surface area contributed by atoms with Crippen molar-refractivity contribution in [2.75, 3.05) is 7.11 Å². The van der Waals surface area contributed by atoms with Crippen LogP contribution in [0.3, 0.4) is 0 Å². The molecule has 0 bridgehead atoms. The second kappa shape index (κ2) is 8.86. The van der Waals surface area contributed by atoms with E-state index in [2.05, 4.69) is 9.47 Å². The molecule has 0 rings (SSSR count). The fraction of sp³-hybridized carbons (Fsp3) is 0.625. The van der Waals surface area contributed by atoms with Gasteiger partial charge in [0.25, 0.3) is 0 Å². The zero-order valence-corrected chi connectivity index (χ0v) is 8.72. The Hall–Kier alpha value is -1.72. The molecule has 0 aliphatic rings. The Morgan fingerprint density at radius 1 is 1.47 bits per heavy atom. The molecule has 2 atom stereocenters. The number of carbonyl (C=O) groups excluding carboxylic acids is 3. The Morgan fingerprint density at radius 3 is 2.13 bits per heavy atom. The van der Waals surface area contributed by atoms with Gasteiger partial charge in [-0.15, -0.1) is 0 Å². The lowest BCUT2D eigenvalue weighted by Gasteiger charge is -2.16. The average Bonchev–Trinajstić information content (AvgIpc) is 2.15. The largest absolute Gasteiger partial charge is 0.724 e. The van der Waals surface area contributed by atoms with Crippen molar-refractivity contribution < 1.29 is 23.9 Å². The van der Waals surface area contributed by atoms with Gasteiger partial charge >= 0.3 is 11.9 Å². The first-order valence-electron chi connectivity index (χ1n) is 3.92. The molecule has 86 valence electrons. The standard InChI is InChI=1S/C7H13NO4.CNO/c1-4(12-5(2)9)6(8)7(10)11-3;2-1-3/h4,6H,8H2,1-3H3;/q;-1/t4-,6+;/m1./s1. The molecule has 0 aromatic carbocycles. The van der Waals surface area contributed by atoms with Crippen molar-refractivity contribution >= 4 is 18.0 Å². The summed E-state index contributed by atoms with van der Waals surface area (Å²) in [5, 5.41) is 6.76. The number of rotatable bonds is 3. The number of hydrogen-bond acceptors (Lipinski definition) is 6. The Morgan fingerprint density at radius 2 is 1.87 bits per heavy atom. The van der Waals surface area contributed by atoms with Gasteiger partial charge in [0.05, 0.1) is 7.11 Å². The molecule has 0 saturated heterocycles. The number of nitrogens with zero attached hydrogens (tertiary/aromatic N) is 1. The van der Waals surface area contributed by atoms with Crippen molar-refractivity contribution in [1.82, 2.24) is 0 Å². The molecule has 7 heteroatoms. The summed E-state index contributed by atoms with van der Waals surface area (Å²) in [4.78, 5) is 29.5. The molecule has 0 fully saturated rings. The fourth-order valence-corrected chi connectivity index (χ4v) is 0.663. The molecule has 0 unspecified atom stereocenters. The molecule has 15 heavy (non-hydrogen) atoms. The number of esters is 2. The SMILES string of the molecule is COC(=O)[C@@H](N)[C@@H](C)OC(C)=O.[N-]=C=O. The fourth-order valence-electron chi connectivity index (χ4n) is 0.663. The smallest absolute Gasteiger partial charge is 0.326 e. The number of nitrogens with two attached hydrogens (primary N) is 1. The highest BCUT2D eigenvalue weighted by Crippen LogP contribution is 1.98. The van der Waals surface area contributed by atoms with Gasteiger partial charge in [-0.25, -0.2) is 0 Å². The van der Waals surface area contributed by atoms with E-state index < -0.39 is 24.1 Å². The zero-order valence-electron chi connectivity index (χ0n) is 8.72. The van der Waals surface area contributed by atoms with E-state index in [1.54, 1.807) is 0 Å². The Kier molecular flexibility index (Phi) is 9.30. The van der Waals surface area contributed by atoms with E-state index in [1.165, 1.54) is 21.0 Å². The molecule has 0 spiro atoms. The van der Waals surface area contributed by atoms with Crippen LogP contribution in [-0.4, -0.2) is 37.3 Å². The molecule has 0 saturated carbocycles. The van der Waals surface area contributed by atoms with E-state index in [1.807, 2.05) is 0 Å². The summed E-state index contributed by atoms with van der Waals surface area (Å²) in [6.45, 7) is 2.78. The van der Waals surface area contributed by atoms with Crippen molar-refractivity contribution in [1.29, 1.82) is 0 Å². The first-order chi connectivity index (χ1) is 6.90. The van der Waals surface area contributed by atoms with Gasteiger partial charge in [0.15, 0.2) is 0 Å². The maximum absolute atomic E-state index is 10.8. The average molecular weight is 217 g/mol. The van der Waals surface area contributed by atoms with Crippen LogP contribution in [0.5, 0.6) is 0 Å². The second-order valence-corrected chi connectivity index (χ2v) is 2.45. The quantitative estimate of drug-likeness (QED) is 0.380. The van der Waals surface area contributed by atoms with Gasteiger partial charge in [-0.05, 0) is 13.0 Å². The molecule has 0 aliphatic heterocycles. The van der Waals surface area contributed by atoms with Crippen LogP contribution in [0, 0.1) is 0 Å². The first-order valence-corrected chi connectivity index (χ1v) is 3.92. The minimum Gasteiger partial charge on any atom is -0.724 e. The van der Waals surface area contributed by atoms with Crippen LogP contribution in [0.1, 0.15) is 13.8 Å². The monoisotopic (exact) mass is 217 g/mol. The first kappa shape index (κ1) is 15.7. The molecule has 0 heterocycles. The second-order valence-electron chi connectivity index (χ2n) is 2.45. The van der Waals surface area contributed by atoms with Crippen molar-refractivity contribution in [3.63, 3.8) is 0 Å². The highest BCUT2D eigenvalue weighted by Gasteiger charge is 2.23. The van der Waals surface area contributed by atoms with E-state index in [0.717, 1.165) is 0 Å². The maximum Gasteiger partial charge on any atom is 0.326 e. The van der Waals surface area contributed by atoms with Crippen LogP contribution in [0.4, 0.5) is 0 Å². The minimum absolute atomic E-state index is 0.471. The van der Waals surface area contributed by atoms with Crippen molar-refractivity contribution in [3.8, 4) is 0 Å². The molecule has 0 aliphatic carbocycles. The summed E-state index contributed by atoms with van der Waals surface area (Å²) in [5.74, 6) is -1.06. The van der Waals surface area contributed by atoms with E-state index in [0.29, 0.717) is 6.08 Å². The third-order valence-electron chi connectivity index (χ3n) is 1.33. The zero-order chi connectivity index (χ0) is 12.4. The van der Waals surface area contributed by atoms with Crippen LogP contribution in [0.2, 0.25) is 0 Å². The van der Waals surface area contributed by atoms with Gasteiger partial charge in [0.2, 0.25) is 0 Å². The van der Waals surface area contributed by atoms with Gasteiger partial charge in [-0.1, -0.05) is 0 Å². The van der Waals surface area contributed by atoms with E-state index in [4.69, 9.17) is 15.9 Å². The molecular weight excluding hydrogens is 204 g/mol. The highest BCUT2D eigenvalue weighted by atomic mass is 16.6. The molecule has 0 aromatic rings. The normalized spacial score (nSPS) is 12.3. The lowest BCUT2D eigenvalue weighted by molar-refractivity contribution is -0.153. The molecule has 0 amide bonds. The number of hydrogen-bond donors (Lipinski definition) is 1. The molecule has 0 aromatic heterocycles. The predicted octanol–water partition coefficient (Wildman–Crippen LogP) is -0.670. The third kappa shape index (κ3) is 8.61. The van der Waals surface area contributed by atoms with Gasteiger partial charge < -0.3 is 20.6 Å². The van der Waals surface area contributed by atoms with E-state index in [9.17, 15) is 9.59 Å². The topological polar surface area (TPSA) is 118 Å². The van der Waals surface area contributed by atoms with Crippen molar-refractivity contribution in [2.45, 2.75) is 26.0 Å². The summed E-state index contributed by atoms with van der Waals surface area (Å²) in [6.07, 6.45) is -0.157. The van der Waals surface area contributed by atoms with Crippen LogP contribution >= 0.6 is 0 Å². The Bertz CT molecular complexity index is 247. The summed E-state index contributed by atoms with van der Waals surface area (Å²) in [5.41, 5.74) is 5.37. The van der Waals surface area contributed by atoms with E-state index in [-0.39, 0.29) is 0 Å². The number of ether oxygens (including phenoxy) is 2. The van der Waals surface area contributed by atoms with Gasteiger partial charge in [-0.3, -0.25) is 14.4 Å². The van der Waals surface area contributed by atoms with E-state index >= 15 is 0 Å². The number of carbonyl (C=O) groups is 2. The Balaban J connectivity index is 0.